The Morgan fingerprint density at radius 2 is 2.30 bits per heavy atom. The van der Waals surface area contributed by atoms with E-state index in [2.05, 4.69) is 0 Å². The van der Waals surface area contributed by atoms with E-state index in [1.54, 1.807) is 0 Å². The number of carbonyl (C=O) groups is 1. The molecule has 0 aliphatic carbocycles. The van der Waals surface area contributed by atoms with Gasteiger partial charge in [0.25, 0.3) is 0 Å². The molecule has 1 unspecified atom stereocenters. The second-order valence-corrected chi connectivity index (χ2v) is 1.69. The summed E-state index contributed by atoms with van der Waals surface area (Å²) in [7, 11) is 1.44. The highest BCUT2D eigenvalue weighted by Crippen LogP contribution is 1.92. The van der Waals surface area contributed by atoms with Gasteiger partial charge in [0.15, 0.2) is 0 Å². The summed E-state index contributed by atoms with van der Waals surface area (Å²) in [5.41, 5.74) is 5.14. The molecule has 0 heterocycles. The van der Waals surface area contributed by atoms with Crippen LogP contribution in [0.25, 0.3) is 0 Å². The van der Waals surface area contributed by atoms with Crippen molar-refractivity contribution in [3.05, 3.63) is 0 Å². The van der Waals surface area contributed by atoms with Crippen LogP contribution in [0.15, 0.2) is 0 Å². The number of ether oxygens (including phenoxy) is 1. The van der Waals surface area contributed by atoms with E-state index in [1.165, 1.54) is 7.11 Å². The Bertz CT molecular complexity index is 94.9. The van der Waals surface area contributed by atoms with Gasteiger partial charge in [0, 0.05) is 13.7 Å². The summed E-state index contributed by atoms with van der Waals surface area (Å²) < 4.78 is 4.70. The molecule has 1 atom stereocenters. The van der Waals surface area contributed by atoms with Crippen LogP contribution in [0.4, 0.5) is 0 Å². The first-order chi connectivity index (χ1) is 4.20. The van der Waals surface area contributed by atoms with E-state index in [1.807, 2.05) is 0 Å². The number of carboxylic acid groups (broad SMARTS) is 1. The molecule has 4 nitrogen and oxygen atoms in total. The molecule has 0 saturated carbocycles. The van der Waals surface area contributed by atoms with Gasteiger partial charge in [0.2, 0.25) is 0 Å². The number of halogens is 1. The van der Waals surface area contributed by atoms with E-state index < -0.39 is 5.97 Å². The quantitative estimate of drug-likeness (QED) is 0.614. The summed E-state index contributed by atoms with van der Waals surface area (Å²) in [5.74, 6) is -0.882. The summed E-state index contributed by atoms with van der Waals surface area (Å²) in [6.45, 7) is 0.253. The van der Waals surface area contributed by atoms with Gasteiger partial charge in [-0.15, -0.1) is 12.4 Å². The average molecular weight is 170 g/mol. The molecular formula is C5H12ClNO3. The zero-order valence-corrected chi connectivity index (χ0v) is 6.56. The zero-order chi connectivity index (χ0) is 7.28. The predicted molar refractivity (Wildman–Crippen MR) is 39.4 cm³/mol. The lowest BCUT2D eigenvalue weighted by Gasteiger charge is -2.07. The molecule has 0 aromatic rings. The average Bonchev–Trinajstić information content (AvgIpc) is 1.82. The topological polar surface area (TPSA) is 72.5 Å². The predicted octanol–water partition coefficient (Wildman–Crippen LogP) is -0.143. The third kappa shape index (κ3) is 5.81. The normalized spacial score (nSPS) is 11.8. The number of carboxylic acids is 1. The molecular weight excluding hydrogens is 158 g/mol. The molecule has 0 aliphatic heterocycles. The fourth-order valence-electron chi connectivity index (χ4n) is 0.458. The standard InChI is InChI=1S/C5H11NO3.ClH/c1-9-4(3-6)2-5(7)8;/h4H,2-3,6H2,1H3,(H,7,8);1H. The SMILES string of the molecule is COC(CN)CC(=O)O.Cl. The fraction of sp³-hybridized carbons (Fsp3) is 0.800. The van der Waals surface area contributed by atoms with Crippen LogP contribution in [0.1, 0.15) is 6.42 Å². The molecule has 0 spiro atoms. The highest BCUT2D eigenvalue weighted by molar-refractivity contribution is 5.85. The molecule has 0 fully saturated rings. The van der Waals surface area contributed by atoms with E-state index >= 15 is 0 Å². The van der Waals surface area contributed by atoms with Crippen molar-refractivity contribution in [2.75, 3.05) is 13.7 Å². The molecule has 0 amide bonds. The highest BCUT2D eigenvalue weighted by Gasteiger charge is 2.08. The molecule has 10 heavy (non-hydrogen) atoms. The van der Waals surface area contributed by atoms with Gasteiger partial charge >= 0.3 is 5.97 Å². The molecule has 0 aromatic heterocycles. The van der Waals surface area contributed by atoms with Crippen LogP contribution in [0.5, 0.6) is 0 Å². The number of hydrogen-bond donors (Lipinski definition) is 2. The lowest BCUT2D eigenvalue weighted by atomic mass is 10.2. The summed E-state index contributed by atoms with van der Waals surface area (Å²) in [4.78, 5) is 9.99. The van der Waals surface area contributed by atoms with Gasteiger partial charge < -0.3 is 15.6 Å². The van der Waals surface area contributed by atoms with E-state index in [0.29, 0.717) is 0 Å². The van der Waals surface area contributed by atoms with Gasteiger partial charge in [-0.2, -0.15) is 0 Å². The van der Waals surface area contributed by atoms with E-state index in [-0.39, 0.29) is 31.5 Å². The van der Waals surface area contributed by atoms with Crippen molar-refractivity contribution in [2.45, 2.75) is 12.5 Å². The number of hydrogen-bond acceptors (Lipinski definition) is 3. The molecule has 0 saturated heterocycles. The number of rotatable bonds is 4. The largest absolute Gasteiger partial charge is 0.481 e. The lowest BCUT2D eigenvalue weighted by Crippen LogP contribution is -2.25. The smallest absolute Gasteiger partial charge is 0.306 e. The second-order valence-electron chi connectivity index (χ2n) is 1.69. The van der Waals surface area contributed by atoms with Crippen LogP contribution < -0.4 is 5.73 Å². The fourth-order valence-corrected chi connectivity index (χ4v) is 0.458. The third-order valence-corrected chi connectivity index (χ3v) is 0.999. The molecule has 0 aromatic carbocycles. The summed E-state index contributed by atoms with van der Waals surface area (Å²) in [5, 5.41) is 8.21. The maximum Gasteiger partial charge on any atom is 0.306 e. The minimum absolute atomic E-state index is 0. The molecule has 0 radical (unpaired) electrons. The van der Waals surface area contributed by atoms with Crippen molar-refractivity contribution < 1.29 is 14.6 Å². The molecule has 0 bridgehead atoms. The minimum Gasteiger partial charge on any atom is -0.481 e. The zero-order valence-electron chi connectivity index (χ0n) is 5.74. The second kappa shape index (κ2) is 6.80. The highest BCUT2D eigenvalue weighted by atomic mass is 35.5. The van der Waals surface area contributed by atoms with Gasteiger partial charge in [-0.3, -0.25) is 4.79 Å². The minimum atomic E-state index is -0.882. The van der Waals surface area contributed by atoms with E-state index in [9.17, 15) is 4.79 Å². The van der Waals surface area contributed by atoms with Crippen molar-refractivity contribution in [1.29, 1.82) is 0 Å². The van der Waals surface area contributed by atoms with Crippen molar-refractivity contribution in [2.24, 2.45) is 5.73 Å². The Balaban J connectivity index is 0. The Morgan fingerprint density at radius 1 is 1.80 bits per heavy atom. The lowest BCUT2D eigenvalue weighted by molar-refractivity contribution is -0.139. The van der Waals surface area contributed by atoms with E-state index in [0.717, 1.165) is 0 Å². The van der Waals surface area contributed by atoms with Crippen LogP contribution in [0.3, 0.4) is 0 Å². The first kappa shape index (κ1) is 12.4. The number of nitrogens with two attached hydrogens (primary N) is 1. The van der Waals surface area contributed by atoms with Crippen LogP contribution in [-0.2, 0) is 9.53 Å². The van der Waals surface area contributed by atoms with Gasteiger partial charge in [0.1, 0.15) is 0 Å². The van der Waals surface area contributed by atoms with Crippen LogP contribution in [0, 0.1) is 0 Å². The first-order valence-corrected chi connectivity index (χ1v) is 2.65. The van der Waals surface area contributed by atoms with Crippen molar-refractivity contribution in [1.82, 2.24) is 0 Å². The van der Waals surface area contributed by atoms with Crippen molar-refractivity contribution >= 4 is 18.4 Å². The van der Waals surface area contributed by atoms with Gasteiger partial charge in [-0.05, 0) is 0 Å². The van der Waals surface area contributed by atoms with Gasteiger partial charge in [-0.25, -0.2) is 0 Å². The molecule has 5 heteroatoms. The van der Waals surface area contributed by atoms with Crippen LogP contribution in [-0.4, -0.2) is 30.8 Å². The van der Waals surface area contributed by atoms with Gasteiger partial charge in [-0.1, -0.05) is 0 Å². The number of aliphatic carboxylic acids is 1. The van der Waals surface area contributed by atoms with Crippen LogP contribution in [0.2, 0.25) is 0 Å². The number of methoxy groups -OCH3 is 1. The third-order valence-electron chi connectivity index (χ3n) is 0.999. The monoisotopic (exact) mass is 169 g/mol. The van der Waals surface area contributed by atoms with Crippen molar-refractivity contribution in [3.63, 3.8) is 0 Å². The van der Waals surface area contributed by atoms with Crippen molar-refractivity contribution in [3.8, 4) is 0 Å². The van der Waals surface area contributed by atoms with E-state index in [4.69, 9.17) is 15.6 Å². The summed E-state index contributed by atoms with van der Waals surface area (Å²) in [6.07, 6.45) is -0.366. The Kier molecular flexibility index (Phi) is 8.40. The Labute approximate surface area is 65.8 Å². The molecule has 3 N–H and O–H groups in total. The molecule has 62 valence electrons. The maximum atomic E-state index is 9.99. The Morgan fingerprint density at radius 3 is 2.40 bits per heavy atom. The molecule has 0 rings (SSSR count). The van der Waals surface area contributed by atoms with Gasteiger partial charge in [0.05, 0.1) is 12.5 Å². The summed E-state index contributed by atoms with van der Waals surface area (Å²) in [6, 6.07) is 0. The maximum absolute atomic E-state index is 9.99. The Hall–Kier alpha value is -0.320. The van der Waals surface area contributed by atoms with Crippen LogP contribution >= 0.6 is 12.4 Å². The molecule has 0 aliphatic rings. The first-order valence-electron chi connectivity index (χ1n) is 2.65. The summed E-state index contributed by atoms with van der Waals surface area (Å²) >= 11 is 0.